The number of pyridine rings is 1. The van der Waals surface area contributed by atoms with Gasteiger partial charge < -0.3 is 9.32 Å². The fourth-order valence-electron chi connectivity index (χ4n) is 3.00. The number of furan rings is 1. The molecule has 0 saturated carbocycles. The SMILES string of the molecule is O=C(CSCc1ccncc1)N1CCCCC[C@H]1c1ccco1. The van der Waals surface area contributed by atoms with E-state index in [9.17, 15) is 4.79 Å². The van der Waals surface area contributed by atoms with Crippen molar-refractivity contribution >= 4 is 17.7 Å². The van der Waals surface area contributed by atoms with Crippen molar-refractivity contribution in [3.63, 3.8) is 0 Å². The fraction of sp³-hybridized carbons (Fsp3) is 0.444. The normalized spacial score (nSPS) is 18.6. The number of aromatic nitrogens is 1. The van der Waals surface area contributed by atoms with Crippen molar-refractivity contribution in [2.24, 2.45) is 0 Å². The molecule has 1 atom stereocenters. The highest BCUT2D eigenvalue weighted by Gasteiger charge is 2.28. The van der Waals surface area contributed by atoms with E-state index in [0.717, 1.165) is 37.3 Å². The summed E-state index contributed by atoms with van der Waals surface area (Å²) < 4.78 is 5.58. The van der Waals surface area contributed by atoms with Crippen LogP contribution in [0.4, 0.5) is 0 Å². The zero-order chi connectivity index (χ0) is 15.9. The maximum atomic E-state index is 12.7. The van der Waals surface area contributed by atoms with Crippen LogP contribution in [0.2, 0.25) is 0 Å². The van der Waals surface area contributed by atoms with Gasteiger partial charge in [-0.3, -0.25) is 9.78 Å². The first-order valence-electron chi connectivity index (χ1n) is 8.14. The minimum absolute atomic E-state index is 0.0986. The van der Waals surface area contributed by atoms with E-state index in [4.69, 9.17) is 4.42 Å². The number of amides is 1. The van der Waals surface area contributed by atoms with E-state index in [1.54, 1.807) is 30.4 Å². The van der Waals surface area contributed by atoms with Crippen LogP contribution in [0.3, 0.4) is 0 Å². The van der Waals surface area contributed by atoms with E-state index in [1.807, 2.05) is 29.2 Å². The Kier molecular flexibility index (Phi) is 5.75. The van der Waals surface area contributed by atoms with Gasteiger partial charge in [-0.1, -0.05) is 12.8 Å². The number of hydrogen-bond donors (Lipinski definition) is 0. The van der Waals surface area contributed by atoms with E-state index < -0.39 is 0 Å². The first kappa shape index (κ1) is 16.1. The number of carbonyl (C=O) groups excluding carboxylic acids is 1. The molecule has 1 saturated heterocycles. The van der Waals surface area contributed by atoms with Gasteiger partial charge in [-0.2, -0.15) is 0 Å². The molecule has 0 aliphatic carbocycles. The molecule has 1 aliphatic heterocycles. The van der Waals surface area contributed by atoms with Crippen LogP contribution in [-0.4, -0.2) is 28.1 Å². The highest BCUT2D eigenvalue weighted by atomic mass is 32.2. The standard InChI is InChI=1S/C18H22N2O2S/c21-18(14-23-13-15-7-9-19-10-8-15)20-11-3-1-2-5-16(20)17-6-4-12-22-17/h4,6-10,12,16H,1-3,5,11,13-14H2/t16-/m0/s1. The molecular weight excluding hydrogens is 308 g/mol. The summed E-state index contributed by atoms with van der Waals surface area (Å²) in [6.07, 6.45) is 9.69. The number of hydrogen-bond acceptors (Lipinski definition) is 4. The van der Waals surface area contributed by atoms with Crippen molar-refractivity contribution in [3.8, 4) is 0 Å². The molecule has 5 heteroatoms. The number of carbonyl (C=O) groups is 1. The van der Waals surface area contributed by atoms with Gasteiger partial charge in [0.2, 0.25) is 5.91 Å². The maximum absolute atomic E-state index is 12.7. The summed E-state index contributed by atoms with van der Waals surface area (Å²) in [7, 11) is 0. The first-order chi connectivity index (χ1) is 11.3. The maximum Gasteiger partial charge on any atom is 0.233 e. The minimum atomic E-state index is 0.0986. The van der Waals surface area contributed by atoms with Crippen molar-refractivity contribution in [1.29, 1.82) is 0 Å². The van der Waals surface area contributed by atoms with Crippen molar-refractivity contribution in [1.82, 2.24) is 9.88 Å². The first-order valence-corrected chi connectivity index (χ1v) is 9.29. The molecule has 0 N–H and O–H groups in total. The van der Waals surface area contributed by atoms with E-state index in [2.05, 4.69) is 4.98 Å². The lowest BCUT2D eigenvalue weighted by atomic mass is 10.1. The predicted molar refractivity (Wildman–Crippen MR) is 92.0 cm³/mol. The largest absolute Gasteiger partial charge is 0.467 e. The highest BCUT2D eigenvalue weighted by Crippen LogP contribution is 2.31. The average Bonchev–Trinajstić information content (AvgIpc) is 3.00. The van der Waals surface area contributed by atoms with Crippen molar-refractivity contribution in [3.05, 3.63) is 54.2 Å². The quantitative estimate of drug-likeness (QED) is 0.829. The number of thioether (sulfide) groups is 1. The van der Waals surface area contributed by atoms with Gasteiger partial charge in [0.05, 0.1) is 18.1 Å². The van der Waals surface area contributed by atoms with E-state index in [1.165, 1.54) is 12.0 Å². The summed E-state index contributed by atoms with van der Waals surface area (Å²) in [5, 5.41) is 0. The summed E-state index contributed by atoms with van der Waals surface area (Å²) in [6, 6.07) is 7.98. The third kappa shape index (κ3) is 4.38. The van der Waals surface area contributed by atoms with Gasteiger partial charge in [-0.25, -0.2) is 0 Å². The molecule has 122 valence electrons. The molecule has 3 rings (SSSR count). The molecule has 0 unspecified atom stereocenters. The Labute approximate surface area is 141 Å². The minimum Gasteiger partial charge on any atom is -0.467 e. The van der Waals surface area contributed by atoms with Crippen LogP contribution >= 0.6 is 11.8 Å². The Balaban J connectivity index is 1.59. The molecule has 0 aromatic carbocycles. The number of rotatable bonds is 5. The summed E-state index contributed by atoms with van der Waals surface area (Å²) >= 11 is 1.66. The van der Waals surface area contributed by atoms with E-state index in [0.29, 0.717) is 5.75 Å². The molecule has 0 spiro atoms. The zero-order valence-electron chi connectivity index (χ0n) is 13.2. The third-order valence-corrected chi connectivity index (χ3v) is 5.18. The Hall–Kier alpha value is -1.75. The van der Waals surface area contributed by atoms with Gasteiger partial charge >= 0.3 is 0 Å². The van der Waals surface area contributed by atoms with Crippen LogP contribution in [0.15, 0.2) is 47.3 Å². The second-order valence-electron chi connectivity index (χ2n) is 5.82. The van der Waals surface area contributed by atoms with Gasteiger partial charge in [0.15, 0.2) is 0 Å². The molecule has 2 aromatic heterocycles. The Morgan fingerprint density at radius 1 is 1.26 bits per heavy atom. The van der Waals surface area contributed by atoms with E-state index in [-0.39, 0.29) is 11.9 Å². The molecule has 1 fully saturated rings. The Morgan fingerprint density at radius 3 is 2.91 bits per heavy atom. The average molecular weight is 330 g/mol. The van der Waals surface area contributed by atoms with Gasteiger partial charge in [0.1, 0.15) is 5.76 Å². The second-order valence-corrected chi connectivity index (χ2v) is 6.80. The molecule has 0 bridgehead atoms. The van der Waals surface area contributed by atoms with E-state index >= 15 is 0 Å². The molecule has 4 nitrogen and oxygen atoms in total. The highest BCUT2D eigenvalue weighted by molar-refractivity contribution is 7.99. The monoisotopic (exact) mass is 330 g/mol. The van der Waals surface area contributed by atoms with Gasteiger partial charge in [-0.15, -0.1) is 11.8 Å². The van der Waals surface area contributed by atoms with Crippen molar-refractivity contribution < 1.29 is 9.21 Å². The molecular formula is C18H22N2O2S. The number of likely N-dealkylation sites (tertiary alicyclic amines) is 1. The van der Waals surface area contributed by atoms with Crippen LogP contribution in [0.5, 0.6) is 0 Å². The van der Waals surface area contributed by atoms with Crippen molar-refractivity contribution in [2.45, 2.75) is 37.5 Å². The third-order valence-electron chi connectivity index (χ3n) is 4.19. The lowest BCUT2D eigenvalue weighted by Crippen LogP contribution is -2.35. The predicted octanol–water partition coefficient (Wildman–Crippen LogP) is 4.05. The van der Waals surface area contributed by atoms with Crippen molar-refractivity contribution in [2.75, 3.05) is 12.3 Å². The Bertz CT molecular complexity index is 601. The topological polar surface area (TPSA) is 46.3 Å². The summed E-state index contributed by atoms with van der Waals surface area (Å²) in [6.45, 7) is 0.833. The molecule has 1 amide bonds. The summed E-state index contributed by atoms with van der Waals surface area (Å²) in [4.78, 5) is 18.7. The van der Waals surface area contributed by atoms with Crippen LogP contribution in [0.1, 0.15) is 43.0 Å². The lowest BCUT2D eigenvalue weighted by Gasteiger charge is -2.28. The lowest BCUT2D eigenvalue weighted by molar-refractivity contribution is -0.131. The molecule has 3 heterocycles. The molecule has 2 aromatic rings. The van der Waals surface area contributed by atoms with Crippen LogP contribution in [0.25, 0.3) is 0 Å². The van der Waals surface area contributed by atoms with Crippen LogP contribution in [-0.2, 0) is 10.5 Å². The van der Waals surface area contributed by atoms with Gasteiger partial charge in [0, 0.05) is 24.7 Å². The smallest absolute Gasteiger partial charge is 0.233 e. The second kappa shape index (κ2) is 8.20. The molecule has 1 aliphatic rings. The van der Waals surface area contributed by atoms with Crippen LogP contribution in [0, 0.1) is 0 Å². The zero-order valence-corrected chi connectivity index (χ0v) is 14.0. The van der Waals surface area contributed by atoms with Gasteiger partial charge in [-0.05, 0) is 42.7 Å². The Morgan fingerprint density at radius 2 is 2.13 bits per heavy atom. The van der Waals surface area contributed by atoms with Crippen LogP contribution < -0.4 is 0 Å². The molecule has 23 heavy (non-hydrogen) atoms. The van der Waals surface area contributed by atoms with Gasteiger partial charge in [0.25, 0.3) is 0 Å². The summed E-state index contributed by atoms with van der Waals surface area (Å²) in [5.74, 6) is 2.49. The molecule has 0 radical (unpaired) electrons. The number of nitrogens with zero attached hydrogens (tertiary/aromatic N) is 2. The fourth-order valence-corrected chi connectivity index (χ4v) is 3.87. The summed E-state index contributed by atoms with van der Waals surface area (Å²) in [5.41, 5.74) is 1.20.